The molecule has 38 heavy (non-hydrogen) atoms. The van der Waals surface area contributed by atoms with Gasteiger partial charge >= 0.3 is 6.18 Å². The van der Waals surface area contributed by atoms with E-state index in [9.17, 15) is 26.4 Å². The van der Waals surface area contributed by atoms with Crippen molar-refractivity contribution < 1.29 is 35.9 Å². The first-order chi connectivity index (χ1) is 18.0. The number of pyridine rings is 2. The average Bonchev–Trinajstić information content (AvgIpc) is 3.35. The molecule has 0 aliphatic carbocycles. The highest BCUT2D eigenvalue weighted by molar-refractivity contribution is 7.90. The van der Waals surface area contributed by atoms with Crippen molar-refractivity contribution in [2.75, 3.05) is 32.6 Å². The second-order valence-electron chi connectivity index (χ2n) is 9.58. The van der Waals surface area contributed by atoms with Gasteiger partial charge < -0.3 is 14.4 Å². The van der Waals surface area contributed by atoms with E-state index in [-0.39, 0.29) is 23.5 Å². The largest absolute Gasteiger partial charge is 0.488 e. The number of nitrogens with zero attached hydrogens (tertiary/aromatic N) is 3. The first-order valence-electron chi connectivity index (χ1n) is 12.2. The van der Waals surface area contributed by atoms with E-state index in [0.717, 1.165) is 25.1 Å². The van der Waals surface area contributed by atoms with Gasteiger partial charge in [-0.25, -0.2) is 13.4 Å². The van der Waals surface area contributed by atoms with Crippen LogP contribution in [0.2, 0.25) is 0 Å². The van der Waals surface area contributed by atoms with Crippen LogP contribution in [0.1, 0.15) is 24.8 Å². The number of aromatic nitrogens is 2. The zero-order valence-corrected chi connectivity index (χ0v) is 21.4. The van der Waals surface area contributed by atoms with Crippen LogP contribution in [0.25, 0.3) is 22.0 Å². The number of alkyl halides is 3. The van der Waals surface area contributed by atoms with Crippen molar-refractivity contribution in [3.05, 3.63) is 48.3 Å². The third kappa shape index (κ3) is 5.46. The van der Waals surface area contributed by atoms with E-state index in [1.807, 2.05) is 4.90 Å². The number of carbonyl (C=O) groups is 1. The molecule has 2 aliphatic heterocycles. The summed E-state index contributed by atoms with van der Waals surface area (Å²) in [5.74, 6) is 0.588. The van der Waals surface area contributed by atoms with Crippen molar-refractivity contribution in [3.8, 4) is 16.9 Å². The SMILES string of the molecule is CS(=O)(=O)c1ncc(-c2ccnc3ccc(OC4CCN(C(=O)C5CCOCC5)C4)cc23)cc1C(F)(F)F. The monoisotopic (exact) mass is 549 g/mol. The molecule has 202 valence electrons. The number of benzene rings is 1. The van der Waals surface area contributed by atoms with Crippen LogP contribution in [0.15, 0.2) is 47.8 Å². The maximum atomic E-state index is 13.7. The van der Waals surface area contributed by atoms with Crippen molar-refractivity contribution in [1.82, 2.24) is 14.9 Å². The lowest BCUT2D eigenvalue weighted by Crippen LogP contribution is -2.38. The Hall–Kier alpha value is -3.25. The number of hydrogen-bond donors (Lipinski definition) is 0. The summed E-state index contributed by atoms with van der Waals surface area (Å²) in [5, 5.41) is -0.489. The molecule has 5 rings (SSSR count). The average molecular weight is 550 g/mol. The molecule has 1 aromatic carbocycles. The Morgan fingerprint density at radius 2 is 1.87 bits per heavy atom. The van der Waals surface area contributed by atoms with Gasteiger partial charge in [-0.15, -0.1) is 0 Å². The van der Waals surface area contributed by atoms with Crippen LogP contribution in [-0.4, -0.2) is 67.9 Å². The standard InChI is InChI=1S/C26H26F3N3O5S/c1-38(34,35)24-22(26(27,28)29)12-17(14-31-24)20-4-8-30-23-3-2-18(13-21(20)23)37-19-5-9-32(15-19)25(33)16-6-10-36-11-7-16/h2-4,8,12-14,16,19H,5-7,9-11,15H2,1H3. The van der Waals surface area contributed by atoms with Gasteiger partial charge in [0.1, 0.15) is 11.9 Å². The van der Waals surface area contributed by atoms with Gasteiger partial charge in [0, 0.05) is 61.7 Å². The summed E-state index contributed by atoms with van der Waals surface area (Å²) in [6.07, 6.45) is 0.250. The van der Waals surface area contributed by atoms with Gasteiger partial charge in [-0.05, 0) is 48.7 Å². The minimum Gasteiger partial charge on any atom is -0.488 e. The highest BCUT2D eigenvalue weighted by Crippen LogP contribution is 2.38. The van der Waals surface area contributed by atoms with E-state index in [2.05, 4.69) is 9.97 Å². The van der Waals surface area contributed by atoms with Crippen molar-refractivity contribution in [3.63, 3.8) is 0 Å². The molecule has 0 bridgehead atoms. The van der Waals surface area contributed by atoms with Crippen LogP contribution in [-0.2, 0) is 25.5 Å². The Balaban J connectivity index is 1.41. The fourth-order valence-electron chi connectivity index (χ4n) is 4.97. The van der Waals surface area contributed by atoms with Crippen molar-refractivity contribution in [2.45, 2.75) is 36.6 Å². The Morgan fingerprint density at radius 1 is 1.11 bits per heavy atom. The number of carbonyl (C=O) groups excluding carboxylic acids is 1. The molecule has 3 aromatic rings. The molecule has 2 aliphatic rings. The zero-order chi connectivity index (χ0) is 27.1. The van der Waals surface area contributed by atoms with E-state index in [4.69, 9.17) is 9.47 Å². The summed E-state index contributed by atoms with van der Waals surface area (Å²) in [4.78, 5) is 22.6. The lowest BCUT2D eigenvalue weighted by Gasteiger charge is -2.26. The van der Waals surface area contributed by atoms with Gasteiger partial charge in [0.15, 0.2) is 14.9 Å². The molecule has 0 saturated carbocycles. The van der Waals surface area contributed by atoms with Gasteiger partial charge in [0.2, 0.25) is 5.91 Å². The summed E-state index contributed by atoms with van der Waals surface area (Å²) in [7, 11) is -4.19. The highest BCUT2D eigenvalue weighted by Gasteiger charge is 2.38. The number of sulfone groups is 1. The normalized spacial score (nSPS) is 19.2. The third-order valence-electron chi connectivity index (χ3n) is 6.86. The molecule has 1 unspecified atom stereocenters. The summed E-state index contributed by atoms with van der Waals surface area (Å²) >= 11 is 0. The number of hydrogen-bond acceptors (Lipinski definition) is 7. The molecular formula is C26H26F3N3O5S. The lowest BCUT2D eigenvalue weighted by molar-refractivity contribution is -0.140. The van der Waals surface area contributed by atoms with Gasteiger partial charge in [0.05, 0.1) is 17.6 Å². The molecule has 0 radical (unpaired) electrons. The van der Waals surface area contributed by atoms with Gasteiger partial charge in [-0.1, -0.05) is 0 Å². The second kappa shape index (κ2) is 10.1. The summed E-state index contributed by atoms with van der Waals surface area (Å²) in [6.45, 7) is 2.24. The topological polar surface area (TPSA) is 98.7 Å². The minimum atomic E-state index is -4.91. The first kappa shape index (κ1) is 26.4. The molecule has 1 amide bonds. The molecule has 1 atom stereocenters. The number of halogens is 3. The van der Waals surface area contributed by atoms with Crippen LogP contribution in [0.4, 0.5) is 13.2 Å². The summed E-state index contributed by atoms with van der Waals surface area (Å²) in [5.41, 5.74) is -0.293. The smallest absolute Gasteiger partial charge is 0.419 e. The number of rotatable bonds is 5. The highest BCUT2D eigenvalue weighted by atomic mass is 32.2. The molecule has 12 heteroatoms. The molecular weight excluding hydrogens is 523 g/mol. The Labute approximate surface area is 217 Å². The lowest BCUT2D eigenvalue weighted by atomic mass is 9.99. The Bertz CT molecular complexity index is 1470. The molecule has 8 nitrogen and oxygen atoms in total. The predicted molar refractivity (Wildman–Crippen MR) is 132 cm³/mol. The molecule has 4 heterocycles. The summed E-state index contributed by atoms with van der Waals surface area (Å²) < 4.78 is 76.5. The fourth-order valence-corrected chi connectivity index (χ4v) is 5.79. The third-order valence-corrected chi connectivity index (χ3v) is 7.89. The zero-order valence-electron chi connectivity index (χ0n) is 20.6. The van der Waals surface area contributed by atoms with E-state index < -0.39 is 26.6 Å². The molecule has 2 saturated heterocycles. The number of ether oxygens (including phenoxy) is 2. The Kier molecular flexibility index (Phi) is 7.03. The Morgan fingerprint density at radius 3 is 2.58 bits per heavy atom. The minimum absolute atomic E-state index is 0.0268. The second-order valence-corrected chi connectivity index (χ2v) is 11.5. The van der Waals surface area contributed by atoms with Crippen molar-refractivity contribution in [1.29, 1.82) is 0 Å². The quantitative estimate of drug-likeness (QED) is 0.472. The van der Waals surface area contributed by atoms with Gasteiger partial charge in [-0.3, -0.25) is 9.78 Å². The molecule has 0 spiro atoms. The van der Waals surface area contributed by atoms with Gasteiger partial charge in [-0.2, -0.15) is 13.2 Å². The predicted octanol–water partition coefficient (Wildman–Crippen LogP) is 4.13. The molecule has 2 aromatic heterocycles. The first-order valence-corrected chi connectivity index (χ1v) is 14.1. The molecule has 2 fully saturated rings. The van der Waals surface area contributed by atoms with E-state index >= 15 is 0 Å². The summed E-state index contributed by atoms with van der Waals surface area (Å²) in [6, 6.07) is 7.47. The van der Waals surface area contributed by atoms with Crippen LogP contribution in [0.5, 0.6) is 5.75 Å². The van der Waals surface area contributed by atoms with Crippen LogP contribution in [0, 0.1) is 5.92 Å². The van der Waals surface area contributed by atoms with Crippen LogP contribution >= 0.6 is 0 Å². The van der Waals surface area contributed by atoms with E-state index in [1.165, 1.54) is 6.20 Å². The molecule has 0 N–H and O–H groups in total. The van der Waals surface area contributed by atoms with Crippen LogP contribution in [0.3, 0.4) is 0 Å². The van der Waals surface area contributed by atoms with E-state index in [1.54, 1.807) is 24.3 Å². The number of likely N-dealkylation sites (tertiary alicyclic amines) is 1. The fraction of sp³-hybridized carbons (Fsp3) is 0.423. The van der Waals surface area contributed by atoms with Crippen molar-refractivity contribution >= 4 is 26.6 Å². The van der Waals surface area contributed by atoms with Crippen molar-refractivity contribution in [2.24, 2.45) is 5.92 Å². The maximum absolute atomic E-state index is 13.7. The van der Waals surface area contributed by atoms with Crippen LogP contribution < -0.4 is 4.74 Å². The number of amides is 1. The van der Waals surface area contributed by atoms with E-state index in [0.29, 0.717) is 61.2 Å². The van der Waals surface area contributed by atoms with Gasteiger partial charge in [0.25, 0.3) is 0 Å². The number of fused-ring (bicyclic) bond motifs is 1. The maximum Gasteiger partial charge on any atom is 0.419 e.